The summed E-state index contributed by atoms with van der Waals surface area (Å²) >= 11 is 0. The number of hydrogen-bond donors (Lipinski definition) is 1. The van der Waals surface area contributed by atoms with Gasteiger partial charge in [-0.15, -0.1) is 0 Å². The summed E-state index contributed by atoms with van der Waals surface area (Å²) in [4.78, 5) is 24.1. The van der Waals surface area contributed by atoms with Crippen LogP contribution in [-0.2, 0) is 4.74 Å². The van der Waals surface area contributed by atoms with E-state index in [-0.39, 0.29) is 0 Å². The van der Waals surface area contributed by atoms with Crippen molar-refractivity contribution in [3.63, 3.8) is 0 Å². The Morgan fingerprint density at radius 3 is 2.73 bits per heavy atom. The fourth-order valence-electron chi connectivity index (χ4n) is 2.92. The summed E-state index contributed by atoms with van der Waals surface area (Å²) in [6.45, 7) is 1.07. The van der Waals surface area contributed by atoms with E-state index in [1.165, 1.54) is 18.2 Å². The highest BCUT2D eigenvalue weighted by atomic mass is 16.5. The molecule has 0 spiro atoms. The van der Waals surface area contributed by atoms with E-state index in [9.17, 15) is 9.59 Å². The lowest BCUT2D eigenvalue weighted by Gasteiger charge is -2.30. The molecule has 7 heteroatoms. The number of piperidine rings is 1. The molecule has 1 N–H and O–H groups in total. The minimum atomic E-state index is -0.863. The zero-order valence-corrected chi connectivity index (χ0v) is 12.2. The van der Waals surface area contributed by atoms with Crippen LogP contribution in [0.2, 0.25) is 0 Å². The predicted molar refractivity (Wildman–Crippen MR) is 78.1 cm³/mol. The number of nitrogens with zero attached hydrogens (tertiary/aromatic N) is 3. The van der Waals surface area contributed by atoms with Crippen LogP contribution < -0.4 is 0 Å². The zero-order chi connectivity index (χ0) is 15.7. The number of ether oxygens (including phenoxy) is 1. The van der Waals surface area contributed by atoms with Crippen LogP contribution in [0.25, 0.3) is 5.52 Å². The molecular weight excluding hydrogens is 286 g/mol. The van der Waals surface area contributed by atoms with E-state index in [2.05, 4.69) is 5.10 Å². The summed E-state index contributed by atoms with van der Waals surface area (Å²) in [7, 11) is 1.34. The van der Waals surface area contributed by atoms with E-state index >= 15 is 0 Å². The second kappa shape index (κ2) is 5.67. The molecule has 1 aliphatic rings. The first kappa shape index (κ1) is 14.4. The van der Waals surface area contributed by atoms with Gasteiger partial charge in [-0.1, -0.05) is 0 Å². The lowest BCUT2D eigenvalue weighted by atomic mass is 9.90. The van der Waals surface area contributed by atoms with Crippen molar-refractivity contribution < 1.29 is 19.4 Å². The first-order valence-corrected chi connectivity index (χ1v) is 7.13. The maximum atomic E-state index is 11.7. The molecule has 0 saturated carbocycles. The smallest absolute Gasteiger partial charge is 0.407 e. The van der Waals surface area contributed by atoms with Crippen molar-refractivity contribution in [2.75, 3.05) is 20.2 Å². The number of likely N-dealkylation sites (tertiary alicyclic amines) is 1. The van der Waals surface area contributed by atoms with E-state index in [4.69, 9.17) is 9.84 Å². The maximum Gasteiger partial charge on any atom is 0.407 e. The van der Waals surface area contributed by atoms with Gasteiger partial charge in [-0.05, 0) is 36.5 Å². The van der Waals surface area contributed by atoms with Gasteiger partial charge in [0, 0.05) is 19.3 Å². The average molecular weight is 303 g/mol. The third-order valence-corrected chi connectivity index (χ3v) is 4.19. The fourth-order valence-corrected chi connectivity index (χ4v) is 2.92. The molecule has 1 aliphatic heterocycles. The van der Waals surface area contributed by atoms with Crippen molar-refractivity contribution in [2.24, 2.45) is 0 Å². The number of carboxylic acid groups (broad SMARTS) is 1. The molecular formula is C15H17N3O4. The van der Waals surface area contributed by atoms with Crippen molar-refractivity contribution in [1.82, 2.24) is 14.5 Å². The zero-order valence-electron chi connectivity index (χ0n) is 12.2. The molecule has 0 radical (unpaired) electrons. The standard InChI is InChI=1S/C15H17N3O4/c1-22-14(19)12-9-16-18-7-4-11(8-13(12)18)10-2-5-17(6-3-10)15(20)21/h4,7-10H,2-3,5-6H2,1H3,(H,20,21). The van der Waals surface area contributed by atoms with Gasteiger partial charge in [0.05, 0.1) is 18.8 Å². The number of aromatic nitrogens is 2. The molecule has 7 nitrogen and oxygen atoms in total. The summed E-state index contributed by atoms with van der Waals surface area (Å²) < 4.78 is 6.41. The number of pyridine rings is 1. The molecule has 0 aliphatic carbocycles. The van der Waals surface area contributed by atoms with E-state index in [1.807, 2.05) is 18.3 Å². The van der Waals surface area contributed by atoms with Gasteiger partial charge in [0.15, 0.2) is 0 Å². The Kier molecular flexibility index (Phi) is 3.70. The summed E-state index contributed by atoms with van der Waals surface area (Å²) in [6.07, 6.45) is 4.02. The van der Waals surface area contributed by atoms with Crippen LogP contribution in [0.3, 0.4) is 0 Å². The number of rotatable bonds is 2. The van der Waals surface area contributed by atoms with Crippen LogP contribution in [0.4, 0.5) is 4.79 Å². The average Bonchev–Trinajstić information content (AvgIpc) is 2.97. The van der Waals surface area contributed by atoms with Crippen LogP contribution in [0.15, 0.2) is 24.5 Å². The molecule has 0 aromatic carbocycles. The monoisotopic (exact) mass is 303 g/mol. The highest BCUT2D eigenvalue weighted by molar-refractivity contribution is 5.96. The quantitative estimate of drug-likeness (QED) is 0.858. The fraction of sp³-hybridized carbons (Fsp3) is 0.400. The van der Waals surface area contributed by atoms with E-state index < -0.39 is 12.1 Å². The molecule has 2 aromatic heterocycles. The van der Waals surface area contributed by atoms with E-state index in [0.717, 1.165) is 18.4 Å². The van der Waals surface area contributed by atoms with Gasteiger partial charge in [-0.25, -0.2) is 14.1 Å². The summed E-state index contributed by atoms with van der Waals surface area (Å²) in [5.41, 5.74) is 2.25. The van der Waals surface area contributed by atoms with Crippen molar-refractivity contribution in [3.05, 3.63) is 35.7 Å². The van der Waals surface area contributed by atoms with Gasteiger partial charge < -0.3 is 14.7 Å². The predicted octanol–water partition coefficient (Wildman–Crippen LogP) is 1.98. The molecule has 2 aromatic rings. The van der Waals surface area contributed by atoms with Gasteiger partial charge in [-0.3, -0.25) is 0 Å². The SMILES string of the molecule is COC(=O)c1cnn2ccc(C3CCN(C(=O)O)CC3)cc12. The van der Waals surface area contributed by atoms with E-state index in [1.54, 1.807) is 4.52 Å². The molecule has 1 saturated heterocycles. The minimum Gasteiger partial charge on any atom is -0.465 e. The van der Waals surface area contributed by atoms with Crippen molar-refractivity contribution in [3.8, 4) is 0 Å². The second-order valence-electron chi connectivity index (χ2n) is 5.38. The highest BCUT2D eigenvalue weighted by Crippen LogP contribution is 2.29. The van der Waals surface area contributed by atoms with Crippen LogP contribution in [0, 0.1) is 0 Å². The number of esters is 1. The van der Waals surface area contributed by atoms with Gasteiger partial charge in [0.1, 0.15) is 5.56 Å². The van der Waals surface area contributed by atoms with Crippen LogP contribution in [0.1, 0.15) is 34.7 Å². The first-order valence-electron chi connectivity index (χ1n) is 7.13. The Hall–Kier alpha value is -2.57. The van der Waals surface area contributed by atoms with Gasteiger partial charge in [0.2, 0.25) is 0 Å². The molecule has 3 heterocycles. The molecule has 116 valence electrons. The summed E-state index contributed by atoms with van der Waals surface area (Å²) in [5.74, 6) is -0.117. The van der Waals surface area contributed by atoms with Gasteiger partial charge >= 0.3 is 12.1 Å². The Morgan fingerprint density at radius 2 is 2.09 bits per heavy atom. The number of hydrogen-bond acceptors (Lipinski definition) is 4. The number of fused-ring (bicyclic) bond motifs is 1. The molecule has 3 rings (SSSR count). The van der Waals surface area contributed by atoms with Gasteiger partial charge in [-0.2, -0.15) is 5.10 Å². The second-order valence-corrected chi connectivity index (χ2v) is 5.38. The Morgan fingerprint density at radius 1 is 1.36 bits per heavy atom. The van der Waals surface area contributed by atoms with Crippen molar-refractivity contribution in [1.29, 1.82) is 0 Å². The topological polar surface area (TPSA) is 84.1 Å². The number of carbonyl (C=O) groups excluding carboxylic acids is 1. The maximum absolute atomic E-state index is 11.7. The Bertz CT molecular complexity index is 717. The molecule has 0 unspecified atom stereocenters. The number of methoxy groups -OCH3 is 1. The van der Waals surface area contributed by atoms with Crippen LogP contribution in [-0.4, -0.2) is 51.9 Å². The molecule has 0 bridgehead atoms. The highest BCUT2D eigenvalue weighted by Gasteiger charge is 2.24. The Labute approximate surface area is 127 Å². The first-order chi connectivity index (χ1) is 10.6. The summed E-state index contributed by atoms with van der Waals surface area (Å²) in [5, 5.41) is 13.1. The lowest BCUT2D eigenvalue weighted by Crippen LogP contribution is -2.36. The lowest BCUT2D eigenvalue weighted by molar-refractivity contribution is 0.0603. The van der Waals surface area contributed by atoms with E-state index in [0.29, 0.717) is 30.1 Å². The molecule has 22 heavy (non-hydrogen) atoms. The van der Waals surface area contributed by atoms with Crippen LogP contribution in [0.5, 0.6) is 0 Å². The van der Waals surface area contributed by atoms with Crippen molar-refractivity contribution >= 4 is 17.6 Å². The summed E-state index contributed by atoms with van der Waals surface area (Å²) in [6, 6.07) is 3.92. The largest absolute Gasteiger partial charge is 0.465 e. The normalized spacial score (nSPS) is 16.0. The number of carbonyl (C=O) groups is 2. The minimum absolute atomic E-state index is 0.293. The third kappa shape index (κ3) is 2.49. The van der Waals surface area contributed by atoms with Gasteiger partial charge in [0.25, 0.3) is 0 Å². The number of amides is 1. The van der Waals surface area contributed by atoms with Crippen molar-refractivity contribution in [2.45, 2.75) is 18.8 Å². The van der Waals surface area contributed by atoms with Crippen LogP contribution >= 0.6 is 0 Å². The molecule has 1 amide bonds. The molecule has 1 fully saturated rings. The third-order valence-electron chi connectivity index (χ3n) is 4.19. The Balaban J connectivity index is 1.86. The molecule has 0 atom stereocenters.